The van der Waals surface area contributed by atoms with Crippen LogP contribution in [-0.4, -0.2) is 41.1 Å². The number of carbonyl (C=O) groups is 1. The molecule has 3 heterocycles. The first-order chi connectivity index (χ1) is 15.5. The van der Waals surface area contributed by atoms with E-state index >= 15 is 0 Å². The molecule has 1 N–H and O–H groups in total. The Kier molecular flexibility index (Phi) is 5.40. The van der Waals surface area contributed by atoms with Gasteiger partial charge < -0.3 is 9.32 Å². The van der Waals surface area contributed by atoms with E-state index < -0.39 is 10.0 Å². The lowest BCUT2D eigenvalue weighted by molar-refractivity contribution is 0.0725. The molecule has 164 valence electrons. The van der Waals surface area contributed by atoms with Gasteiger partial charge in [0.05, 0.1) is 35.5 Å². The van der Waals surface area contributed by atoms with Crippen molar-refractivity contribution in [3.05, 3.63) is 60.6 Å². The van der Waals surface area contributed by atoms with E-state index in [9.17, 15) is 13.2 Å². The molecule has 0 aliphatic carbocycles. The van der Waals surface area contributed by atoms with Gasteiger partial charge in [-0.1, -0.05) is 12.1 Å². The lowest BCUT2D eigenvalue weighted by Gasteiger charge is -2.27. The van der Waals surface area contributed by atoms with Crippen LogP contribution in [0.25, 0.3) is 22.2 Å². The summed E-state index contributed by atoms with van der Waals surface area (Å²) in [4.78, 5) is 15.1. The molecule has 2 aromatic heterocycles. The van der Waals surface area contributed by atoms with Crippen LogP contribution in [-0.2, 0) is 10.0 Å². The van der Waals surface area contributed by atoms with Gasteiger partial charge in [-0.15, -0.1) is 0 Å². The molecule has 2 aromatic carbocycles. The summed E-state index contributed by atoms with van der Waals surface area (Å²) in [7, 11) is -4.02. The van der Waals surface area contributed by atoms with Crippen molar-refractivity contribution in [2.45, 2.75) is 24.2 Å². The van der Waals surface area contributed by atoms with Gasteiger partial charge in [-0.3, -0.25) is 9.52 Å². The van der Waals surface area contributed by atoms with E-state index in [2.05, 4.69) is 13.5 Å². The van der Waals surface area contributed by atoms with Crippen molar-refractivity contribution in [2.24, 2.45) is 0 Å². The number of fused-ring (bicyclic) bond motifs is 1. The fourth-order valence-corrected chi connectivity index (χ4v) is 5.73. The third kappa shape index (κ3) is 3.87. The summed E-state index contributed by atoms with van der Waals surface area (Å²) >= 11 is 0.954. The fourth-order valence-electron chi connectivity index (χ4n) is 3.89. The number of nitrogens with zero attached hydrogens (tertiary/aromatic N) is 3. The van der Waals surface area contributed by atoms with E-state index in [1.54, 1.807) is 53.8 Å². The van der Waals surface area contributed by atoms with Crippen molar-refractivity contribution >= 4 is 44.4 Å². The van der Waals surface area contributed by atoms with Crippen LogP contribution in [0, 0.1) is 0 Å². The molecule has 32 heavy (non-hydrogen) atoms. The van der Waals surface area contributed by atoms with Crippen LogP contribution in [0.15, 0.2) is 64.3 Å². The molecule has 0 bridgehead atoms. The number of piperidine rings is 1. The van der Waals surface area contributed by atoms with E-state index in [0.29, 0.717) is 29.7 Å². The molecule has 1 aliphatic heterocycles. The van der Waals surface area contributed by atoms with E-state index in [0.717, 1.165) is 42.1 Å². The average molecular weight is 469 g/mol. The summed E-state index contributed by atoms with van der Waals surface area (Å²) in [6.45, 7) is 1.33. The number of furan rings is 1. The molecule has 5 rings (SSSR count). The minimum atomic E-state index is -4.02. The molecule has 4 aromatic rings. The number of carbonyl (C=O) groups excluding carboxylic acids is 1. The summed E-state index contributed by atoms with van der Waals surface area (Å²) in [5, 5.41) is 0. The molecule has 1 saturated heterocycles. The summed E-state index contributed by atoms with van der Waals surface area (Å²) in [5.74, 6) is -0.185. The Bertz CT molecular complexity index is 1370. The van der Waals surface area contributed by atoms with E-state index in [-0.39, 0.29) is 16.5 Å². The van der Waals surface area contributed by atoms with Crippen molar-refractivity contribution in [3.8, 4) is 11.1 Å². The Hall–Kier alpha value is -3.24. The number of likely N-dealkylation sites (tertiary alicyclic amines) is 1. The van der Waals surface area contributed by atoms with Gasteiger partial charge in [0, 0.05) is 18.7 Å². The molecule has 0 spiro atoms. The van der Waals surface area contributed by atoms with Gasteiger partial charge in [-0.05, 0) is 55.2 Å². The third-order valence-electron chi connectivity index (χ3n) is 5.53. The maximum Gasteiger partial charge on any atom is 0.264 e. The maximum atomic E-state index is 13.3. The van der Waals surface area contributed by atoms with E-state index in [1.165, 1.54) is 6.07 Å². The first-order valence-electron chi connectivity index (χ1n) is 10.2. The monoisotopic (exact) mass is 468 g/mol. The molecular weight excluding hydrogens is 448 g/mol. The van der Waals surface area contributed by atoms with Crippen LogP contribution in [0.5, 0.6) is 0 Å². The molecule has 1 aliphatic rings. The van der Waals surface area contributed by atoms with Crippen LogP contribution < -0.4 is 4.72 Å². The van der Waals surface area contributed by atoms with Crippen LogP contribution in [0.3, 0.4) is 0 Å². The van der Waals surface area contributed by atoms with E-state index in [4.69, 9.17) is 4.42 Å². The van der Waals surface area contributed by atoms with Crippen LogP contribution in [0.4, 0.5) is 5.69 Å². The minimum absolute atomic E-state index is 0.0221. The minimum Gasteiger partial charge on any atom is -0.472 e. The van der Waals surface area contributed by atoms with Gasteiger partial charge in [0.1, 0.15) is 15.9 Å². The number of anilines is 1. The van der Waals surface area contributed by atoms with Crippen LogP contribution >= 0.6 is 11.7 Å². The van der Waals surface area contributed by atoms with Gasteiger partial charge >= 0.3 is 0 Å². The van der Waals surface area contributed by atoms with Crippen molar-refractivity contribution in [1.29, 1.82) is 0 Å². The molecule has 10 heteroatoms. The van der Waals surface area contributed by atoms with Crippen molar-refractivity contribution in [2.75, 3.05) is 17.8 Å². The molecule has 1 fully saturated rings. The molecular formula is C22H20N4O4S2. The number of hydrogen-bond acceptors (Lipinski definition) is 7. The Morgan fingerprint density at radius 1 is 1.03 bits per heavy atom. The SMILES string of the molecule is O=C(c1ccc(-c2ccoc2)cc1NS(=O)(=O)c1cccc2nsnc12)N1CCCCC1. The summed E-state index contributed by atoms with van der Waals surface area (Å²) in [5.41, 5.74) is 2.87. The largest absolute Gasteiger partial charge is 0.472 e. The Balaban J connectivity index is 1.58. The second-order valence-corrected chi connectivity index (χ2v) is 9.80. The van der Waals surface area contributed by atoms with Gasteiger partial charge in [0.2, 0.25) is 0 Å². The van der Waals surface area contributed by atoms with Crippen LogP contribution in [0.2, 0.25) is 0 Å². The Labute approximate surface area is 189 Å². The van der Waals surface area contributed by atoms with Crippen molar-refractivity contribution < 1.29 is 17.6 Å². The van der Waals surface area contributed by atoms with Crippen LogP contribution in [0.1, 0.15) is 29.6 Å². The molecule has 1 amide bonds. The smallest absolute Gasteiger partial charge is 0.264 e. The predicted molar refractivity (Wildman–Crippen MR) is 122 cm³/mol. The number of rotatable bonds is 5. The first-order valence-corrected chi connectivity index (χ1v) is 12.4. The fraction of sp³-hybridized carbons (Fsp3) is 0.227. The summed E-state index contributed by atoms with van der Waals surface area (Å²) < 4.78 is 42.8. The number of hydrogen-bond donors (Lipinski definition) is 1. The molecule has 8 nitrogen and oxygen atoms in total. The van der Waals surface area contributed by atoms with Gasteiger partial charge in [-0.2, -0.15) is 8.75 Å². The van der Waals surface area contributed by atoms with Crippen molar-refractivity contribution in [3.63, 3.8) is 0 Å². The summed E-state index contributed by atoms with van der Waals surface area (Å²) in [6, 6.07) is 11.7. The maximum absolute atomic E-state index is 13.3. The van der Waals surface area contributed by atoms with Gasteiger partial charge in [0.15, 0.2) is 0 Å². The highest BCUT2D eigenvalue weighted by molar-refractivity contribution is 7.93. The van der Waals surface area contributed by atoms with Gasteiger partial charge in [0.25, 0.3) is 15.9 Å². The lowest BCUT2D eigenvalue weighted by Crippen LogP contribution is -2.36. The second kappa shape index (κ2) is 8.36. The van der Waals surface area contributed by atoms with Gasteiger partial charge in [-0.25, -0.2) is 8.42 Å². The molecule has 0 saturated carbocycles. The average Bonchev–Trinajstić information content (AvgIpc) is 3.51. The summed E-state index contributed by atoms with van der Waals surface area (Å²) in [6.07, 6.45) is 6.09. The lowest BCUT2D eigenvalue weighted by atomic mass is 10.0. The highest BCUT2D eigenvalue weighted by Gasteiger charge is 2.25. The zero-order valence-electron chi connectivity index (χ0n) is 17.0. The quantitative estimate of drug-likeness (QED) is 0.466. The number of nitrogens with one attached hydrogen (secondary N) is 1. The topological polar surface area (TPSA) is 105 Å². The normalized spacial score (nSPS) is 14.6. The molecule has 0 atom stereocenters. The Morgan fingerprint density at radius 2 is 1.88 bits per heavy atom. The predicted octanol–water partition coefficient (Wildman–Crippen LogP) is 4.38. The number of benzene rings is 2. The Morgan fingerprint density at radius 3 is 2.66 bits per heavy atom. The van der Waals surface area contributed by atoms with E-state index in [1.807, 2.05) is 0 Å². The number of aromatic nitrogens is 2. The standard InChI is InChI=1S/C22H20N4O4S2/c27-22(26-10-2-1-3-11-26)17-8-7-15(16-9-12-30-14-16)13-19(17)25-32(28,29)20-6-4-5-18-21(20)24-31-23-18/h4-9,12-14,25H,1-3,10-11H2. The third-order valence-corrected chi connectivity index (χ3v) is 7.47. The first kappa shape index (κ1) is 20.7. The second-order valence-electron chi connectivity index (χ2n) is 7.62. The zero-order valence-corrected chi connectivity index (χ0v) is 18.7. The number of sulfonamides is 1. The molecule has 0 unspecified atom stereocenters. The number of amides is 1. The highest BCUT2D eigenvalue weighted by Crippen LogP contribution is 2.31. The molecule has 0 radical (unpaired) electrons. The zero-order chi connectivity index (χ0) is 22.1. The highest BCUT2D eigenvalue weighted by atomic mass is 32.2. The van der Waals surface area contributed by atoms with Crippen molar-refractivity contribution in [1.82, 2.24) is 13.6 Å².